The summed E-state index contributed by atoms with van der Waals surface area (Å²) in [6, 6.07) is 11.1. The highest BCUT2D eigenvalue weighted by Gasteiger charge is 2.26. The highest BCUT2D eigenvalue weighted by Crippen LogP contribution is 2.16. The first-order valence-corrected chi connectivity index (χ1v) is 11.9. The van der Waals surface area contributed by atoms with Crippen molar-refractivity contribution in [2.24, 2.45) is 5.73 Å². The van der Waals surface area contributed by atoms with Crippen LogP contribution in [0.1, 0.15) is 36.5 Å². The summed E-state index contributed by atoms with van der Waals surface area (Å²) in [7, 11) is 0. The number of aromatic hydroxyl groups is 1. The number of carbonyl (C=O) groups is 3. The largest absolute Gasteiger partial charge is 0.508 e. The van der Waals surface area contributed by atoms with E-state index in [-0.39, 0.29) is 37.2 Å². The first-order valence-electron chi connectivity index (χ1n) is 11.5. The van der Waals surface area contributed by atoms with Crippen molar-refractivity contribution < 1.29 is 24.6 Å². The van der Waals surface area contributed by atoms with Crippen molar-refractivity contribution in [3.8, 4) is 5.75 Å². The van der Waals surface area contributed by atoms with Gasteiger partial charge in [-0.2, -0.15) is 0 Å². The van der Waals surface area contributed by atoms with E-state index in [9.17, 15) is 19.5 Å². The number of halogens is 1. The molecule has 6 N–H and O–H groups in total. The predicted octanol–water partition coefficient (Wildman–Crippen LogP) is 2.03. The minimum atomic E-state index is -1.08. The van der Waals surface area contributed by atoms with Gasteiger partial charge < -0.3 is 26.2 Å². The van der Waals surface area contributed by atoms with E-state index in [1.165, 1.54) is 4.90 Å². The Kier molecular flexibility index (Phi) is 11.5. The number of carboxylic acids is 1. The molecule has 35 heavy (non-hydrogen) atoms. The lowest BCUT2D eigenvalue weighted by Crippen LogP contribution is -2.51. The second-order valence-electron chi connectivity index (χ2n) is 8.19. The molecule has 0 aliphatic rings. The fraction of sp³-hybridized carbons (Fsp3) is 0.400. The van der Waals surface area contributed by atoms with Gasteiger partial charge in [0.15, 0.2) is 0 Å². The molecule has 0 saturated carbocycles. The van der Waals surface area contributed by atoms with E-state index in [0.717, 1.165) is 16.7 Å². The number of rotatable bonds is 14. The average Bonchev–Trinajstić information content (AvgIpc) is 2.83. The van der Waals surface area contributed by atoms with Gasteiger partial charge in [0.2, 0.25) is 11.8 Å². The minimum absolute atomic E-state index is 0.141. The third-order valence-electron chi connectivity index (χ3n) is 5.46. The van der Waals surface area contributed by atoms with Crippen molar-refractivity contribution in [2.45, 2.75) is 45.3 Å². The van der Waals surface area contributed by atoms with Crippen LogP contribution in [0.3, 0.4) is 0 Å². The lowest BCUT2D eigenvalue weighted by molar-refractivity contribution is -0.139. The molecule has 0 spiro atoms. The predicted molar refractivity (Wildman–Crippen MR) is 134 cm³/mol. The molecule has 190 valence electrons. The molecule has 2 aromatic carbocycles. The maximum atomic E-state index is 13.3. The highest BCUT2D eigenvalue weighted by molar-refractivity contribution is 6.30. The number of phenolic OH excluding ortho intramolecular Hbond substituents is 1. The van der Waals surface area contributed by atoms with Gasteiger partial charge >= 0.3 is 5.97 Å². The van der Waals surface area contributed by atoms with Gasteiger partial charge in [-0.1, -0.05) is 36.7 Å². The van der Waals surface area contributed by atoms with Gasteiger partial charge in [0, 0.05) is 24.7 Å². The minimum Gasteiger partial charge on any atom is -0.508 e. The molecule has 0 fully saturated rings. The molecule has 2 rings (SSSR count). The van der Waals surface area contributed by atoms with Crippen molar-refractivity contribution in [2.75, 3.05) is 19.6 Å². The molecule has 0 radical (unpaired) electrons. The number of nitrogens with one attached hydrogen (secondary N) is 2. The Morgan fingerprint density at radius 1 is 1.11 bits per heavy atom. The van der Waals surface area contributed by atoms with Crippen LogP contribution in [0.15, 0.2) is 42.5 Å². The Hall–Kier alpha value is -3.14. The molecule has 0 aromatic heterocycles. The van der Waals surface area contributed by atoms with E-state index in [0.29, 0.717) is 37.4 Å². The van der Waals surface area contributed by atoms with Gasteiger partial charge in [-0.25, -0.2) is 0 Å². The van der Waals surface area contributed by atoms with Crippen molar-refractivity contribution in [1.82, 2.24) is 15.5 Å². The quantitative estimate of drug-likeness (QED) is 0.264. The van der Waals surface area contributed by atoms with Crippen LogP contribution in [-0.4, -0.2) is 58.6 Å². The molecule has 0 bridgehead atoms. The summed E-state index contributed by atoms with van der Waals surface area (Å²) >= 11 is 6.06. The zero-order chi connectivity index (χ0) is 25.8. The van der Waals surface area contributed by atoms with Crippen molar-refractivity contribution in [1.29, 1.82) is 0 Å². The zero-order valence-corrected chi connectivity index (χ0v) is 20.6. The third-order valence-corrected chi connectivity index (χ3v) is 5.69. The summed E-state index contributed by atoms with van der Waals surface area (Å²) in [5.74, 6) is -1.62. The second kappa shape index (κ2) is 14.3. The Morgan fingerprint density at radius 3 is 2.46 bits per heavy atom. The van der Waals surface area contributed by atoms with Crippen LogP contribution in [0.5, 0.6) is 5.75 Å². The lowest BCUT2D eigenvalue weighted by atomic mass is 10.0. The number of hydrogen-bond donors (Lipinski definition) is 5. The van der Waals surface area contributed by atoms with Crippen LogP contribution in [0, 0.1) is 0 Å². The number of carboxylic acid groups (broad SMARTS) is 1. The monoisotopic (exact) mass is 504 g/mol. The topological polar surface area (TPSA) is 145 Å². The fourth-order valence-electron chi connectivity index (χ4n) is 3.64. The van der Waals surface area contributed by atoms with E-state index in [1.807, 2.05) is 13.0 Å². The van der Waals surface area contributed by atoms with Crippen molar-refractivity contribution >= 4 is 29.4 Å². The smallest absolute Gasteiger partial charge is 0.317 e. The van der Waals surface area contributed by atoms with Crippen molar-refractivity contribution in [3.05, 3.63) is 64.2 Å². The molecule has 2 aromatic rings. The molecular weight excluding hydrogens is 472 g/mol. The number of phenols is 1. The Balaban J connectivity index is 2.05. The van der Waals surface area contributed by atoms with E-state index in [1.54, 1.807) is 36.4 Å². The first-order chi connectivity index (χ1) is 16.7. The van der Waals surface area contributed by atoms with Crippen LogP contribution in [0.4, 0.5) is 0 Å². The van der Waals surface area contributed by atoms with Crippen LogP contribution in [0.25, 0.3) is 0 Å². The van der Waals surface area contributed by atoms with Crippen LogP contribution in [-0.2, 0) is 33.9 Å². The number of aliphatic carboxylic acids is 1. The zero-order valence-electron chi connectivity index (χ0n) is 19.8. The summed E-state index contributed by atoms with van der Waals surface area (Å²) in [6.07, 6.45) is 1.46. The van der Waals surface area contributed by atoms with Gasteiger partial charge in [0.05, 0.1) is 19.1 Å². The average molecular weight is 505 g/mol. The number of nitrogens with zero attached hydrogens (tertiary/aromatic N) is 1. The Bertz CT molecular complexity index is 1000. The molecule has 0 aliphatic heterocycles. The molecular formula is C25H33ClN4O5. The van der Waals surface area contributed by atoms with E-state index in [4.69, 9.17) is 22.4 Å². The highest BCUT2D eigenvalue weighted by atomic mass is 35.5. The maximum Gasteiger partial charge on any atom is 0.317 e. The molecule has 0 heterocycles. The standard InChI is InChI=1S/C25H33ClN4O5/c1-2-11-30(16-23(32)29-14-19-12-20(26)7-6-18(19)13-27)25(35)22(28-15-24(33)34)10-5-17-3-8-21(31)9-4-17/h3-4,6-9,12,22,28,31H,2,5,10-11,13-16,27H2,1H3,(H,29,32)(H,33,34). The van der Waals surface area contributed by atoms with Gasteiger partial charge in [-0.15, -0.1) is 0 Å². The lowest BCUT2D eigenvalue weighted by Gasteiger charge is -2.27. The molecule has 0 aliphatic carbocycles. The summed E-state index contributed by atoms with van der Waals surface area (Å²) in [4.78, 5) is 38.5. The molecule has 2 amide bonds. The number of carbonyl (C=O) groups excluding carboxylic acids is 2. The summed E-state index contributed by atoms with van der Waals surface area (Å²) in [5, 5.41) is 24.7. The Labute approximate surface area is 210 Å². The third kappa shape index (κ3) is 9.56. The van der Waals surface area contributed by atoms with Crippen molar-refractivity contribution in [3.63, 3.8) is 0 Å². The second-order valence-corrected chi connectivity index (χ2v) is 8.62. The SMILES string of the molecule is CCCN(CC(=O)NCc1cc(Cl)ccc1CN)C(=O)C(CCc1ccc(O)cc1)NCC(=O)O. The van der Waals surface area contributed by atoms with E-state index in [2.05, 4.69) is 10.6 Å². The number of nitrogens with two attached hydrogens (primary N) is 1. The molecule has 0 saturated heterocycles. The van der Waals surface area contributed by atoms with E-state index >= 15 is 0 Å². The number of amides is 2. The summed E-state index contributed by atoms with van der Waals surface area (Å²) < 4.78 is 0. The Morgan fingerprint density at radius 2 is 1.83 bits per heavy atom. The summed E-state index contributed by atoms with van der Waals surface area (Å²) in [5.41, 5.74) is 8.32. The van der Waals surface area contributed by atoms with Gasteiger partial charge in [0.25, 0.3) is 0 Å². The molecule has 10 heteroatoms. The normalized spacial score (nSPS) is 11.6. The number of benzene rings is 2. The molecule has 9 nitrogen and oxygen atoms in total. The van der Waals surface area contributed by atoms with Crippen LogP contribution < -0.4 is 16.4 Å². The molecule has 1 unspecified atom stereocenters. The maximum absolute atomic E-state index is 13.3. The summed E-state index contributed by atoms with van der Waals surface area (Å²) in [6.45, 7) is 2.24. The molecule has 1 atom stereocenters. The van der Waals surface area contributed by atoms with Gasteiger partial charge in [-0.05, 0) is 60.2 Å². The number of hydrogen-bond acceptors (Lipinski definition) is 6. The number of aryl methyl sites for hydroxylation is 1. The van der Waals surface area contributed by atoms with Crippen LogP contribution in [0.2, 0.25) is 5.02 Å². The van der Waals surface area contributed by atoms with Gasteiger partial charge in [-0.3, -0.25) is 19.7 Å². The van der Waals surface area contributed by atoms with Gasteiger partial charge in [0.1, 0.15) is 5.75 Å². The van der Waals surface area contributed by atoms with Crippen LogP contribution >= 0.6 is 11.6 Å². The van der Waals surface area contributed by atoms with E-state index < -0.39 is 12.0 Å². The first kappa shape index (κ1) is 28.1. The fourth-order valence-corrected chi connectivity index (χ4v) is 3.83.